The number of benzene rings is 1. The van der Waals surface area contributed by atoms with Crippen LogP contribution in [-0.2, 0) is 0 Å². The molecule has 0 N–H and O–H groups in total. The van der Waals surface area contributed by atoms with Crippen molar-refractivity contribution < 1.29 is 13.2 Å². The third-order valence-electron chi connectivity index (χ3n) is 5.98. The Balaban J connectivity index is 0.00000192. The Bertz CT molecular complexity index is 487. The van der Waals surface area contributed by atoms with E-state index in [1.54, 1.807) is 0 Å². The first-order chi connectivity index (χ1) is 10.5. The maximum Gasteiger partial charge on any atom is 0.194 e. The maximum absolute atomic E-state index is 13.4. The third-order valence-corrected chi connectivity index (χ3v) is 5.98. The van der Waals surface area contributed by atoms with E-state index < -0.39 is 17.5 Å². The van der Waals surface area contributed by atoms with Crippen molar-refractivity contribution in [3.05, 3.63) is 35.1 Å². The van der Waals surface area contributed by atoms with Gasteiger partial charge in [0, 0.05) is 0 Å². The van der Waals surface area contributed by atoms with E-state index in [0.29, 0.717) is 5.56 Å². The van der Waals surface area contributed by atoms with Crippen molar-refractivity contribution in [2.24, 2.45) is 17.8 Å². The van der Waals surface area contributed by atoms with Crippen molar-refractivity contribution in [3.63, 3.8) is 0 Å². The van der Waals surface area contributed by atoms with E-state index in [-0.39, 0.29) is 13.3 Å². The largest absolute Gasteiger partial charge is 0.204 e. The lowest BCUT2D eigenvalue weighted by atomic mass is 9.68. The summed E-state index contributed by atoms with van der Waals surface area (Å²) in [6.07, 6.45) is 9.61. The van der Waals surface area contributed by atoms with Crippen LogP contribution < -0.4 is 0 Å². The van der Waals surface area contributed by atoms with Gasteiger partial charge in [0.15, 0.2) is 17.5 Å². The molecule has 0 unspecified atom stereocenters. The number of halogens is 3. The molecule has 2 fully saturated rings. The van der Waals surface area contributed by atoms with Crippen molar-refractivity contribution in [1.82, 2.24) is 0 Å². The van der Waals surface area contributed by atoms with Crippen molar-refractivity contribution in [1.29, 1.82) is 0 Å². The minimum atomic E-state index is -1.35. The van der Waals surface area contributed by atoms with Crippen LogP contribution in [0.1, 0.15) is 77.2 Å². The summed E-state index contributed by atoms with van der Waals surface area (Å²) < 4.78 is 39.8. The lowest BCUT2D eigenvalue weighted by molar-refractivity contribution is 0.165. The number of hydrogen-bond acceptors (Lipinski definition) is 0. The van der Waals surface area contributed by atoms with Crippen LogP contribution in [0.15, 0.2) is 12.1 Å². The molecule has 0 spiro atoms. The Kier molecular flexibility index (Phi) is 6.16. The highest BCUT2D eigenvalue weighted by atomic mass is 19.2. The van der Waals surface area contributed by atoms with E-state index in [1.165, 1.54) is 37.8 Å². The Morgan fingerprint density at radius 2 is 1.17 bits per heavy atom. The molecule has 3 rings (SSSR count). The van der Waals surface area contributed by atoms with Crippen LogP contribution in [0.4, 0.5) is 13.2 Å². The first-order valence-electron chi connectivity index (χ1n) is 8.69. The average Bonchev–Trinajstić information content (AvgIpc) is 2.53. The molecule has 3 heteroatoms. The lowest BCUT2D eigenvalue weighted by Gasteiger charge is -2.37. The van der Waals surface area contributed by atoms with Crippen LogP contribution >= 0.6 is 0 Å². The highest BCUT2D eigenvalue weighted by Gasteiger charge is 2.30. The topological polar surface area (TPSA) is 0 Å². The smallest absolute Gasteiger partial charge is 0.194 e. The van der Waals surface area contributed by atoms with E-state index in [1.807, 2.05) is 0 Å². The molecular formula is C20H29F3. The van der Waals surface area contributed by atoms with E-state index in [2.05, 4.69) is 6.92 Å². The molecule has 0 nitrogen and oxygen atoms in total. The molecule has 0 bridgehead atoms. The summed E-state index contributed by atoms with van der Waals surface area (Å²) in [5.74, 6) is -0.788. The van der Waals surface area contributed by atoms with Gasteiger partial charge in [0.2, 0.25) is 0 Å². The molecule has 0 aliphatic heterocycles. The fourth-order valence-corrected chi connectivity index (χ4v) is 4.49. The highest BCUT2D eigenvalue weighted by molar-refractivity contribution is 5.23. The van der Waals surface area contributed by atoms with Crippen LogP contribution in [0.3, 0.4) is 0 Å². The Morgan fingerprint density at radius 3 is 1.65 bits per heavy atom. The fourth-order valence-electron chi connectivity index (χ4n) is 4.49. The number of hydrogen-bond donors (Lipinski definition) is 0. The summed E-state index contributed by atoms with van der Waals surface area (Å²) in [6.45, 7) is 2.34. The summed E-state index contributed by atoms with van der Waals surface area (Å²) in [5.41, 5.74) is 0.632. The predicted octanol–water partition coefficient (Wildman–Crippen LogP) is 6.84. The van der Waals surface area contributed by atoms with Crippen LogP contribution in [-0.4, -0.2) is 0 Å². The first-order valence-corrected chi connectivity index (χ1v) is 8.69. The van der Waals surface area contributed by atoms with Gasteiger partial charge in [0.25, 0.3) is 0 Å². The average molecular weight is 326 g/mol. The molecule has 0 radical (unpaired) electrons. The fraction of sp³-hybridized carbons (Fsp3) is 0.700. The minimum absolute atomic E-state index is 0. The van der Waals surface area contributed by atoms with E-state index in [9.17, 15) is 13.2 Å². The molecule has 2 saturated carbocycles. The van der Waals surface area contributed by atoms with E-state index in [0.717, 1.165) is 43.4 Å². The third kappa shape index (κ3) is 4.10. The van der Waals surface area contributed by atoms with Crippen molar-refractivity contribution >= 4 is 0 Å². The second-order valence-electron chi connectivity index (χ2n) is 7.43. The van der Waals surface area contributed by atoms with Gasteiger partial charge in [-0.3, -0.25) is 0 Å². The Labute approximate surface area is 138 Å². The normalized spacial score (nSPS) is 31.5. The van der Waals surface area contributed by atoms with Crippen molar-refractivity contribution in [2.75, 3.05) is 0 Å². The monoisotopic (exact) mass is 326 g/mol. The molecule has 0 heterocycles. The van der Waals surface area contributed by atoms with Gasteiger partial charge in [0.1, 0.15) is 0 Å². The summed E-state index contributed by atoms with van der Waals surface area (Å²) in [4.78, 5) is 0. The lowest BCUT2D eigenvalue weighted by Crippen LogP contribution is -2.24. The molecule has 23 heavy (non-hydrogen) atoms. The zero-order chi connectivity index (χ0) is 15.7. The van der Waals surface area contributed by atoms with Gasteiger partial charge in [-0.25, -0.2) is 13.2 Å². The van der Waals surface area contributed by atoms with E-state index >= 15 is 0 Å². The maximum atomic E-state index is 13.4. The molecule has 0 atom stereocenters. The Hall–Kier alpha value is -0.990. The molecule has 0 saturated heterocycles. The van der Waals surface area contributed by atoms with Gasteiger partial charge < -0.3 is 0 Å². The molecule has 2 aliphatic carbocycles. The predicted molar refractivity (Wildman–Crippen MR) is 88.9 cm³/mol. The summed E-state index contributed by atoms with van der Waals surface area (Å²) in [6, 6.07) is 2.37. The van der Waals surface area contributed by atoms with Gasteiger partial charge in [-0.1, -0.05) is 27.2 Å². The molecule has 2 aliphatic rings. The van der Waals surface area contributed by atoms with Gasteiger partial charge in [-0.2, -0.15) is 0 Å². The van der Waals surface area contributed by atoms with Crippen LogP contribution in [0, 0.1) is 35.2 Å². The Morgan fingerprint density at radius 1 is 0.739 bits per heavy atom. The quantitative estimate of drug-likeness (QED) is 0.522. The van der Waals surface area contributed by atoms with Crippen LogP contribution in [0.25, 0.3) is 0 Å². The molecule has 1 aromatic rings. The summed E-state index contributed by atoms with van der Waals surface area (Å²) >= 11 is 0. The second kappa shape index (κ2) is 7.72. The molecule has 1 aromatic carbocycles. The standard InChI is InChI=1S/C19H25F3.CH4/c1-12-2-4-13(5-3-12)14-6-8-15(9-7-14)16-10-17(20)19(22)18(21)11-16;/h10-15H,2-9H2,1H3;1H4. The van der Waals surface area contributed by atoms with Gasteiger partial charge in [-0.15, -0.1) is 0 Å². The highest BCUT2D eigenvalue weighted by Crippen LogP contribution is 2.44. The summed E-state index contributed by atoms with van der Waals surface area (Å²) in [5, 5.41) is 0. The molecule has 0 amide bonds. The van der Waals surface area contributed by atoms with Crippen LogP contribution in [0.5, 0.6) is 0 Å². The van der Waals surface area contributed by atoms with Crippen molar-refractivity contribution in [3.8, 4) is 0 Å². The summed E-state index contributed by atoms with van der Waals surface area (Å²) in [7, 11) is 0. The number of rotatable bonds is 2. The molecular weight excluding hydrogens is 297 g/mol. The minimum Gasteiger partial charge on any atom is -0.204 e. The molecule has 0 aromatic heterocycles. The van der Waals surface area contributed by atoms with Gasteiger partial charge in [0.05, 0.1) is 0 Å². The van der Waals surface area contributed by atoms with Gasteiger partial charge in [-0.05, 0) is 79.9 Å². The second-order valence-corrected chi connectivity index (χ2v) is 7.43. The van der Waals surface area contributed by atoms with Crippen molar-refractivity contribution in [2.45, 2.75) is 71.6 Å². The zero-order valence-corrected chi connectivity index (χ0v) is 13.3. The van der Waals surface area contributed by atoms with E-state index in [4.69, 9.17) is 0 Å². The first kappa shape index (κ1) is 18.4. The van der Waals surface area contributed by atoms with Gasteiger partial charge >= 0.3 is 0 Å². The SMILES string of the molecule is C.CC1CCC(C2CCC(c3cc(F)c(F)c(F)c3)CC2)CC1. The zero-order valence-electron chi connectivity index (χ0n) is 13.3. The van der Waals surface area contributed by atoms with Crippen LogP contribution in [0.2, 0.25) is 0 Å². The molecule has 130 valence electrons.